The van der Waals surface area contributed by atoms with Crippen LogP contribution in [0.3, 0.4) is 0 Å². The third-order valence-corrected chi connectivity index (χ3v) is 1.78. The van der Waals surface area contributed by atoms with Crippen LogP contribution in [0, 0.1) is 31.6 Å². The van der Waals surface area contributed by atoms with Crippen molar-refractivity contribution in [1.29, 1.82) is 5.26 Å². The van der Waals surface area contributed by atoms with Crippen LogP contribution in [0.15, 0.2) is 18.2 Å². The number of rotatable bonds is 3. The molecule has 1 aromatic rings. The summed E-state index contributed by atoms with van der Waals surface area (Å²) in [6, 6.07) is 5.16. The fourth-order valence-electron chi connectivity index (χ4n) is 1.17. The molecule has 7 nitrogen and oxygen atoms in total. The van der Waals surface area contributed by atoms with E-state index in [-0.39, 0.29) is 12.0 Å². The molecule has 0 spiro atoms. The molecule has 0 saturated carbocycles. The van der Waals surface area contributed by atoms with E-state index in [2.05, 4.69) is 0 Å². The van der Waals surface area contributed by atoms with Crippen molar-refractivity contribution in [3.8, 4) is 6.07 Å². The highest BCUT2D eigenvalue weighted by molar-refractivity contribution is 5.54. The number of hydrogen-bond donors (Lipinski definition) is 0. The van der Waals surface area contributed by atoms with Crippen LogP contribution in [0.2, 0.25) is 0 Å². The highest BCUT2D eigenvalue weighted by atomic mass is 16.7. The monoisotopic (exact) mass is 219 g/mol. The Balaban J connectivity index is 3.42. The zero-order valence-electron chi connectivity index (χ0n) is 7.41. The zero-order chi connectivity index (χ0) is 11.4. The second-order valence-corrected chi connectivity index (χ2v) is 2.62. The summed E-state index contributed by atoms with van der Waals surface area (Å²) in [5.41, 5.74) is -0.952. The molecule has 0 N–H and O–H groups in total. The van der Waals surface area contributed by atoms with Crippen molar-refractivity contribution in [2.45, 2.75) is 6.42 Å². The summed E-state index contributed by atoms with van der Waals surface area (Å²) in [5.74, 6) is 0. The standard InChI is InChI=1S/C8H5N3O4/c9-5-4-6-7(10(12)13)2-1-3-8(6)11(14)15/h1-3H,4H2/i1+2,2+2,3+2,6+2,7+2,8+2. The molecule has 0 aliphatic rings. The molecular formula is C8H5N3O4. The molecule has 0 aliphatic carbocycles. The molecule has 0 bridgehead atoms. The fourth-order valence-corrected chi connectivity index (χ4v) is 1.17. The lowest BCUT2D eigenvalue weighted by Crippen LogP contribution is -2.00. The summed E-state index contributed by atoms with van der Waals surface area (Å²) < 4.78 is 0. The number of benzene rings is 1. The van der Waals surface area contributed by atoms with Crippen LogP contribution in [0.1, 0.15) is 5.56 Å². The molecule has 0 unspecified atom stereocenters. The van der Waals surface area contributed by atoms with Crippen LogP contribution in [-0.4, -0.2) is 9.85 Å². The van der Waals surface area contributed by atoms with Crippen LogP contribution >= 0.6 is 0 Å². The lowest BCUT2D eigenvalue weighted by atomic mass is 10.8. The largest absolute Gasteiger partial charge is 0.280 e. The van der Waals surface area contributed by atoms with Gasteiger partial charge < -0.3 is 0 Å². The van der Waals surface area contributed by atoms with Gasteiger partial charge in [-0.1, -0.05) is 0 Å². The van der Waals surface area contributed by atoms with E-state index in [0.29, 0.717) is 0 Å². The van der Waals surface area contributed by atoms with Crippen molar-refractivity contribution in [3.05, 3.63) is 44.0 Å². The second-order valence-electron chi connectivity index (χ2n) is 2.62. The third-order valence-electron chi connectivity index (χ3n) is 1.78. The fraction of sp³-hybridized carbons (Fsp3) is 0.125. The molecule has 0 radical (unpaired) electrons. The van der Waals surface area contributed by atoms with E-state index in [4.69, 9.17) is 5.26 Å². The molecule has 0 fully saturated rings. The van der Waals surface area contributed by atoms with Gasteiger partial charge in [0.15, 0.2) is 0 Å². The van der Waals surface area contributed by atoms with E-state index < -0.39 is 21.2 Å². The Labute approximate surface area is 83.9 Å². The molecule has 0 atom stereocenters. The normalized spacial score (nSPS) is 9.27. The first-order chi connectivity index (χ1) is 7.07. The van der Waals surface area contributed by atoms with Gasteiger partial charge in [0, 0.05) is 12.1 Å². The second kappa shape index (κ2) is 4.15. The summed E-state index contributed by atoms with van der Waals surface area (Å²) in [6.07, 6.45) is -0.354. The smallest absolute Gasteiger partial charge is 0.258 e. The highest BCUT2D eigenvalue weighted by Gasteiger charge is 2.23. The molecule has 0 aliphatic heterocycles. The summed E-state index contributed by atoms with van der Waals surface area (Å²) >= 11 is 0. The van der Waals surface area contributed by atoms with Crippen LogP contribution < -0.4 is 0 Å². The number of hydrogen-bond acceptors (Lipinski definition) is 5. The van der Waals surface area contributed by atoms with Gasteiger partial charge in [0.2, 0.25) is 0 Å². The Kier molecular flexibility index (Phi) is 2.93. The van der Waals surface area contributed by atoms with Crippen molar-refractivity contribution in [3.63, 3.8) is 0 Å². The van der Waals surface area contributed by atoms with Gasteiger partial charge in [-0.2, -0.15) is 5.26 Å². The van der Waals surface area contributed by atoms with Crippen molar-refractivity contribution in [2.75, 3.05) is 0 Å². The summed E-state index contributed by atoms with van der Waals surface area (Å²) in [6.45, 7) is 0. The minimum atomic E-state index is -0.736. The van der Waals surface area contributed by atoms with Crippen LogP contribution in [-0.2, 0) is 6.42 Å². The Bertz CT molecular complexity index is 431. The zero-order valence-corrected chi connectivity index (χ0v) is 7.41. The Morgan fingerprint density at radius 1 is 1.20 bits per heavy atom. The average molecular weight is 219 g/mol. The van der Waals surface area contributed by atoms with Gasteiger partial charge in [-0.15, -0.1) is 0 Å². The first-order valence-corrected chi connectivity index (χ1v) is 3.85. The van der Waals surface area contributed by atoms with Gasteiger partial charge in [-0.05, 0) is 6.07 Å². The van der Waals surface area contributed by atoms with E-state index in [1.165, 1.54) is 6.07 Å². The molecule has 15 heavy (non-hydrogen) atoms. The van der Waals surface area contributed by atoms with Crippen molar-refractivity contribution < 1.29 is 9.85 Å². The summed E-state index contributed by atoms with van der Waals surface area (Å²) in [4.78, 5) is 19.6. The third kappa shape index (κ3) is 2.05. The van der Waals surface area contributed by atoms with Crippen LogP contribution in [0.25, 0.3) is 0 Å². The van der Waals surface area contributed by atoms with Crippen LogP contribution in [0.5, 0.6) is 0 Å². The molecule has 0 heterocycles. The number of nitriles is 1. The maximum absolute atomic E-state index is 10.5. The van der Waals surface area contributed by atoms with Gasteiger partial charge in [0.25, 0.3) is 11.4 Å². The molecule has 0 amide bonds. The minimum Gasteiger partial charge on any atom is -0.258 e. The van der Waals surface area contributed by atoms with E-state index >= 15 is 0 Å². The van der Waals surface area contributed by atoms with Gasteiger partial charge in [-0.3, -0.25) is 20.2 Å². The van der Waals surface area contributed by atoms with Crippen LogP contribution in [0.4, 0.5) is 11.4 Å². The van der Waals surface area contributed by atoms with Crippen molar-refractivity contribution in [1.82, 2.24) is 0 Å². The maximum atomic E-state index is 10.5. The minimum absolute atomic E-state index is 0.157. The Morgan fingerprint density at radius 2 is 1.67 bits per heavy atom. The Morgan fingerprint density at radius 3 is 2.00 bits per heavy atom. The average Bonchev–Trinajstić information content (AvgIpc) is 2.17. The summed E-state index contributed by atoms with van der Waals surface area (Å²) in [5, 5.41) is 29.5. The van der Waals surface area contributed by atoms with Gasteiger partial charge in [-0.25, -0.2) is 0 Å². The highest BCUT2D eigenvalue weighted by Crippen LogP contribution is 2.28. The van der Waals surface area contributed by atoms with E-state index in [1.54, 1.807) is 6.07 Å². The molecule has 1 rings (SSSR count). The first kappa shape index (κ1) is 10.6. The quantitative estimate of drug-likeness (QED) is 0.565. The molecular weight excluding hydrogens is 214 g/mol. The SMILES string of the molecule is N#CC[14c]1[14c]([N+](=O)[O-])[14cH][14cH][14cH][14c]1[N+](=O)[O-]. The van der Waals surface area contributed by atoms with Gasteiger partial charge >= 0.3 is 0 Å². The van der Waals surface area contributed by atoms with Crippen molar-refractivity contribution in [2.24, 2.45) is 0 Å². The molecule has 0 saturated heterocycles. The van der Waals surface area contributed by atoms with Crippen molar-refractivity contribution >= 4 is 11.4 Å². The number of nitro benzene ring substituents is 2. The van der Waals surface area contributed by atoms with E-state index in [9.17, 15) is 20.2 Å². The maximum Gasteiger partial charge on any atom is 0.280 e. The van der Waals surface area contributed by atoms with E-state index in [1.807, 2.05) is 0 Å². The predicted octanol–water partition coefficient (Wildman–Crippen LogP) is 1.57. The lowest BCUT2D eigenvalue weighted by Gasteiger charge is -1.99. The predicted molar refractivity (Wildman–Crippen MR) is 49.1 cm³/mol. The molecule has 7 heteroatoms. The van der Waals surface area contributed by atoms with E-state index in [0.717, 1.165) is 12.1 Å². The molecule has 1 aromatic carbocycles. The number of nitro groups is 2. The van der Waals surface area contributed by atoms with Gasteiger partial charge in [0.05, 0.1) is 22.3 Å². The topological polar surface area (TPSA) is 110 Å². The van der Waals surface area contributed by atoms with Gasteiger partial charge in [0.1, 0.15) is 5.56 Å². The first-order valence-electron chi connectivity index (χ1n) is 3.85. The number of nitrogens with zero attached hydrogens (tertiary/aromatic N) is 3. The molecule has 76 valence electrons. The lowest BCUT2D eigenvalue weighted by molar-refractivity contribution is -0.395. The summed E-state index contributed by atoms with van der Waals surface area (Å²) in [7, 11) is 0. The molecule has 0 aromatic heterocycles. The Hall–Kier alpha value is -2.49.